The molecule has 1 aromatic rings. The first-order chi connectivity index (χ1) is 10.7. The molecule has 118 valence electrons. The van der Waals surface area contributed by atoms with E-state index in [9.17, 15) is 4.79 Å². The molecule has 0 unspecified atom stereocenters. The van der Waals surface area contributed by atoms with Crippen molar-refractivity contribution in [2.75, 3.05) is 19.9 Å². The molecule has 1 aliphatic rings. The van der Waals surface area contributed by atoms with E-state index in [1.165, 1.54) is 0 Å². The smallest absolute Gasteiger partial charge is 0.246 e. The molecular weight excluding hydrogens is 278 g/mol. The number of amides is 1. The van der Waals surface area contributed by atoms with Crippen molar-refractivity contribution in [1.82, 2.24) is 4.90 Å². The quantitative estimate of drug-likeness (QED) is 0.570. The molecule has 0 aliphatic carbocycles. The summed E-state index contributed by atoms with van der Waals surface area (Å²) in [6.45, 7) is 6.06. The van der Waals surface area contributed by atoms with Crippen LogP contribution in [0.2, 0.25) is 0 Å². The molecule has 0 N–H and O–H groups in total. The normalized spacial score (nSPS) is 13.2. The molecule has 0 fully saturated rings. The van der Waals surface area contributed by atoms with E-state index in [0.717, 1.165) is 43.0 Å². The van der Waals surface area contributed by atoms with Crippen molar-refractivity contribution in [3.63, 3.8) is 0 Å². The van der Waals surface area contributed by atoms with Crippen LogP contribution in [-0.4, -0.2) is 30.7 Å². The van der Waals surface area contributed by atoms with Crippen molar-refractivity contribution in [2.24, 2.45) is 0 Å². The molecule has 0 saturated heterocycles. The van der Waals surface area contributed by atoms with Crippen LogP contribution in [0.1, 0.15) is 32.3 Å². The lowest BCUT2D eigenvalue weighted by molar-refractivity contribution is -0.126. The number of carbonyl (C=O) groups excluding carboxylic acids is 1. The number of hydrogen-bond donors (Lipinski definition) is 0. The zero-order valence-electron chi connectivity index (χ0n) is 13.2. The summed E-state index contributed by atoms with van der Waals surface area (Å²) in [5.74, 6) is 1.61. The Hall–Kier alpha value is -2.23. The van der Waals surface area contributed by atoms with Gasteiger partial charge in [-0.15, -0.1) is 0 Å². The Balaban J connectivity index is 1.92. The molecular formula is C18H23NO3. The fraction of sp³-hybridized carbons (Fsp3) is 0.389. The predicted molar refractivity (Wildman–Crippen MR) is 87.9 cm³/mol. The fourth-order valence-electron chi connectivity index (χ4n) is 2.30. The zero-order chi connectivity index (χ0) is 15.8. The number of hydrogen-bond acceptors (Lipinski definition) is 3. The summed E-state index contributed by atoms with van der Waals surface area (Å²) < 4.78 is 10.6. The summed E-state index contributed by atoms with van der Waals surface area (Å²) in [4.78, 5) is 13.9. The molecule has 1 amide bonds. The predicted octanol–water partition coefficient (Wildman–Crippen LogP) is 3.63. The van der Waals surface area contributed by atoms with Gasteiger partial charge < -0.3 is 14.4 Å². The van der Waals surface area contributed by atoms with Crippen molar-refractivity contribution in [3.8, 4) is 11.5 Å². The third-order valence-corrected chi connectivity index (χ3v) is 3.33. The Bertz CT molecular complexity index is 557. The van der Waals surface area contributed by atoms with E-state index in [1.807, 2.05) is 35.3 Å². The van der Waals surface area contributed by atoms with Crippen molar-refractivity contribution in [3.05, 3.63) is 42.0 Å². The topological polar surface area (TPSA) is 38.8 Å². The van der Waals surface area contributed by atoms with E-state index in [4.69, 9.17) is 9.47 Å². The second-order valence-electron chi connectivity index (χ2n) is 5.16. The standard InChI is InChI=1S/C18H23NO3/c1-3-11-19(12-4-2)18(20)8-6-5-7-15-9-10-16-17(13-15)22-14-21-16/h5-10,13H,3-4,11-12,14H2,1-2H3/b7-5?,8-6+. The minimum atomic E-state index is 0.0686. The van der Waals surface area contributed by atoms with Gasteiger partial charge in [0.25, 0.3) is 0 Å². The Morgan fingerprint density at radius 2 is 1.86 bits per heavy atom. The molecule has 2 rings (SSSR count). The second kappa shape index (κ2) is 8.27. The maximum Gasteiger partial charge on any atom is 0.246 e. The number of carbonyl (C=O) groups is 1. The van der Waals surface area contributed by atoms with Crippen molar-refractivity contribution in [2.45, 2.75) is 26.7 Å². The van der Waals surface area contributed by atoms with Gasteiger partial charge in [-0.05, 0) is 30.5 Å². The highest BCUT2D eigenvalue weighted by Gasteiger charge is 2.12. The molecule has 0 bridgehead atoms. The molecule has 0 atom stereocenters. The molecule has 0 saturated carbocycles. The number of fused-ring (bicyclic) bond motifs is 1. The van der Waals surface area contributed by atoms with Gasteiger partial charge in [0.05, 0.1) is 0 Å². The number of benzene rings is 1. The van der Waals surface area contributed by atoms with Crippen LogP contribution in [0.25, 0.3) is 6.08 Å². The monoisotopic (exact) mass is 301 g/mol. The van der Waals surface area contributed by atoms with Crippen LogP contribution in [-0.2, 0) is 4.79 Å². The Kier molecular flexibility index (Phi) is 6.07. The molecule has 0 spiro atoms. The van der Waals surface area contributed by atoms with Crippen molar-refractivity contribution >= 4 is 12.0 Å². The van der Waals surface area contributed by atoms with Crippen LogP contribution in [0, 0.1) is 0 Å². The van der Waals surface area contributed by atoms with Crippen LogP contribution >= 0.6 is 0 Å². The van der Waals surface area contributed by atoms with Crippen molar-refractivity contribution < 1.29 is 14.3 Å². The van der Waals surface area contributed by atoms with Crippen LogP contribution < -0.4 is 9.47 Å². The minimum Gasteiger partial charge on any atom is -0.454 e. The van der Waals surface area contributed by atoms with E-state index in [-0.39, 0.29) is 12.7 Å². The van der Waals surface area contributed by atoms with Gasteiger partial charge in [0.1, 0.15) is 0 Å². The SMILES string of the molecule is CCCN(CCC)C(=O)/C=C/C=Cc1ccc2c(c1)OCO2. The molecule has 1 aromatic carbocycles. The first-order valence-electron chi connectivity index (χ1n) is 7.78. The second-order valence-corrected chi connectivity index (χ2v) is 5.16. The lowest BCUT2D eigenvalue weighted by Crippen LogP contribution is -2.30. The maximum absolute atomic E-state index is 12.1. The van der Waals surface area contributed by atoms with Gasteiger partial charge in [0, 0.05) is 19.2 Å². The Morgan fingerprint density at radius 3 is 2.59 bits per heavy atom. The van der Waals surface area contributed by atoms with Gasteiger partial charge in [-0.3, -0.25) is 4.79 Å². The highest BCUT2D eigenvalue weighted by molar-refractivity contribution is 5.88. The lowest BCUT2D eigenvalue weighted by Gasteiger charge is -2.19. The number of ether oxygens (including phenoxy) is 2. The van der Waals surface area contributed by atoms with Gasteiger partial charge >= 0.3 is 0 Å². The van der Waals surface area contributed by atoms with Crippen LogP contribution in [0.15, 0.2) is 36.4 Å². The van der Waals surface area contributed by atoms with E-state index >= 15 is 0 Å². The van der Waals surface area contributed by atoms with E-state index < -0.39 is 0 Å². The van der Waals surface area contributed by atoms with Gasteiger partial charge in [-0.1, -0.05) is 38.1 Å². The molecule has 0 radical (unpaired) electrons. The average Bonchev–Trinajstić information content (AvgIpc) is 2.98. The summed E-state index contributed by atoms with van der Waals surface area (Å²) in [7, 11) is 0. The van der Waals surface area contributed by atoms with Crippen molar-refractivity contribution in [1.29, 1.82) is 0 Å². The maximum atomic E-state index is 12.1. The van der Waals surface area contributed by atoms with E-state index in [2.05, 4.69) is 13.8 Å². The Morgan fingerprint density at radius 1 is 1.14 bits per heavy atom. The summed E-state index contributed by atoms with van der Waals surface area (Å²) >= 11 is 0. The average molecular weight is 301 g/mol. The van der Waals surface area contributed by atoms with Gasteiger partial charge in [0.2, 0.25) is 12.7 Å². The lowest BCUT2D eigenvalue weighted by atomic mass is 10.2. The van der Waals surface area contributed by atoms with Gasteiger partial charge in [-0.2, -0.15) is 0 Å². The minimum absolute atomic E-state index is 0.0686. The summed E-state index contributed by atoms with van der Waals surface area (Å²) in [6, 6.07) is 5.77. The highest BCUT2D eigenvalue weighted by atomic mass is 16.7. The molecule has 22 heavy (non-hydrogen) atoms. The van der Waals surface area contributed by atoms with Gasteiger partial charge in [0.15, 0.2) is 11.5 Å². The molecule has 4 heteroatoms. The largest absolute Gasteiger partial charge is 0.454 e. The molecule has 1 heterocycles. The third-order valence-electron chi connectivity index (χ3n) is 3.33. The zero-order valence-corrected chi connectivity index (χ0v) is 13.2. The number of rotatable bonds is 7. The van der Waals surface area contributed by atoms with Crippen LogP contribution in [0.4, 0.5) is 0 Å². The summed E-state index contributed by atoms with van der Waals surface area (Å²) in [5, 5.41) is 0. The molecule has 4 nitrogen and oxygen atoms in total. The number of nitrogens with zero attached hydrogens (tertiary/aromatic N) is 1. The fourth-order valence-corrected chi connectivity index (χ4v) is 2.30. The number of allylic oxidation sites excluding steroid dienone is 2. The summed E-state index contributed by atoms with van der Waals surface area (Å²) in [5.41, 5.74) is 1.01. The Labute approximate surface area is 132 Å². The molecule has 0 aromatic heterocycles. The first kappa shape index (κ1) is 16.1. The summed E-state index contributed by atoms with van der Waals surface area (Å²) in [6.07, 6.45) is 9.17. The third kappa shape index (κ3) is 4.38. The van der Waals surface area contributed by atoms with Crippen LogP contribution in [0.3, 0.4) is 0 Å². The first-order valence-corrected chi connectivity index (χ1v) is 7.78. The highest BCUT2D eigenvalue weighted by Crippen LogP contribution is 2.32. The van der Waals surface area contributed by atoms with E-state index in [0.29, 0.717) is 0 Å². The van der Waals surface area contributed by atoms with Crippen LogP contribution in [0.5, 0.6) is 11.5 Å². The van der Waals surface area contributed by atoms with E-state index in [1.54, 1.807) is 12.2 Å². The molecule has 1 aliphatic heterocycles. The van der Waals surface area contributed by atoms with Gasteiger partial charge in [-0.25, -0.2) is 0 Å².